The molecule has 1 saturated carbocycles. The Morgan fingerprint density at radius 2 is 1.97 bits per heavy atom. The minimum Gasteiger partial charge on any atom is -0.494 e. The number of carbonyl (C=O) groups is 2. The van der Waals surface area contributed by atoms with Gasteiger partial charge in [0.25, 0.3) is 0 Å². The van der Waals surface area contributed by atoms with Gasteiger partial charge in [-0.15, -0.1) is 11.3 Å². The largest absolute Gasteiger partial charge is 0.494 e. The first-order valence-corrected chi connectivity index (χ1v) is 13.8. The minimum absolute atomic E-state index is 0.0113. The van der Waals surface area contributed by atoms with E-state index in [2.05, 4.69) is 5.32 Å². The highest BCUT2D eigenvalue weighted by atomic mass is 35.5. The number of ether oxygens (including phenoxy) is 2. The van der Waals surface area contributed by atoms with Crippen LogP contribution in [0.4, 0.5) is 0 Å². The van der Waals surface area contributed by atoms with E-state index in [1.54, 1.807) is 11.3 Å². The van der Waals surface area contributed by atoms with Crippen molar-refractivity contribution in [3.63, 3.8) is 0 Å². The molecule has 1 aliphatic carbocycles. The van der Waals surface area contributed by atoms with Crippen LogP contribution in [0.1, 0.15) is 82.9 Å². The van der Waals surface area contributed by atoms with Crippen LogP contribution in [0.25, 0.3) is 10.1 Å². The molecule has 0 bridgehead atoms. The van der Waals surface area contributed by atoms with Crippen LogP contribution in [0.2, 0.25) is 5.02 Å². The zero-order valence-corrected chi connectivity index (χ0v) is 22.0. The first-order valence-electron chi connectivity index (χ1n) is 12.6. The molecule has 1 aliphatic heterocycles. The lowest BCUT2D eigenvalue weighted by molar-refractivity contribution is -0.155. The SMILES string of the molecule is CC(C)(C)OC(=O)CCCOc1ccc2c(Cl)c(C(C3CCCCC3)C3CCNC3=O)sc2c1. The summed E-state index contributed by atoms with van der Waals surface area (Å²) in [7, 11) is 0. The van der Waals surface area contributed by atoms with Gasteiger partial charge in [-0.25, -0.2) is 0 Å². The number of esters is 1. The molecular weight excluding hydrogens is 470 g/mol. The van der Waals surface area contributed by atoms with Crippen molar-refractivity contribution in [3.8, 4) is 5.75 Å². The van der Waals surface area contributed by atoms with Crippen molar-refractivity contribution in [1.82, 2.24) is 5.32 Å². The smallest absolute Gasteiger partial charge is 0.306 e. The molecule has 1 amide bonds. The second-order valence-electron chi connectivity index (χ2n) is 10.6. The minimum atomic E-state index is -0.465. The average molecular weight is 506 g/mol. The van der Waals surface area contributed by atoms with Gasteiger partial charge < -0.3 is 14.8 Å². The van der Waals surface area contributed by atoms with Crippen molar-refractivity contribution in [2.45, 2.75) is 83.7 Å². The Morgan fingerprint density at radius 3 is 2.65 bits per heavy atom. The molecule has 7 heteroatoms. The summed E-state index contributed by atoms with van der Waals surface area (Å²) in [4.78, 5) is 25.7. The number of carbonyl (C=O) groups excluding carboxylic acids is 2. The van der Waals surface area contributed by atoms with Crippen LogP contribution in [0.15, 0.2) is 18.2 Å². The molecule has 1 N–H and O–H groups in total. The number of amides is 1. The third-order valence-corrected chi connectivity index (χ3v) is 8.60. The normalized spacial score (nSPS) is 20.4. The van der Waals surface area contributed by atoms with Crippen molar-refractivity contribution in [3.05, 3.63) is 28.1 Å². The molecule has 0 spiro atoms. The first-order chi connectivity index (χ1) is 16.2. The number of nitrogens with one attached hydrogen (secondary N) is 1. The quantitative estimate of drug-likeness (QED) is 0.314. The Labute approximate surface area is 211 Å². The van der Waals surface area contributed by atoms with E-state index >= 15 is 0 Å². The van der Waals surface area contributed by atoms with E-state index in [9.17, 15) is 9.59 Å². The van der Waals surface area contributed by atoms with Gasteiger partial charge in [-0.2, -0.15) is 0 Å². The van der Waals surface area contributed by atoms with Crippen LogP contribution in [0.5, 0.6) is 5.75 Å². The van der Waals surface area contributed by atoms with Crippen LogP contribution >= 0.6 is 22.9 Å². The number of benzene rings is 1. The van der Waals surface area contributed by atoms with E-state index < -0.39 is 5.60 Å². The van der Waals surface area contributed by atoms with E-state index in [4.69, 9.17) is 21.1 Å². The highest BCUT2D eigenvalue weighted by Crippen LogP contribution is 2.50. The van der Waals surface area contributed by atoms with Gasteiger partial charge in [0.05, 0.1) is 11.6 Å². The molecule has 2 aliphatic rings. The monoisotopic (exact) mass is 505 g/mol. The van der Waals surface area contributed by atoms with Crippen molar-refractivity contribution in [2.75, 3.05) is 13.2 Å². The summed E-state index contributed by atoms with van der Waals surface area (Å²) in [6, 6.07) is 6.00. The van der Waals surface area contributed by atoms with Crippen LogP contribution in [-0.2, 0) is 14.3 Å². The van der Waals surface area contributed by atoms with Gasteiger partial charge in [-0.05, 0) is 70.6 Å². The summed E-state index contributed by atoms with van der Waals surface area (Å²) in [6.07, 6.45) is 7.92. The Kier molecular flexibility index (Phi) is 8.08. The summed E-state index contributed by atoms with van der Waals surface area (Å²) in [6.45, 7) is 6.82. The standard InChI is InChI=1S/C27H36ClNO4S/c1-27(2,3)33-22(30)10-7-15-32-18-11-12-19-21(16-18)34-25(24(19)28)23(17-8-5-4-6-9-17)20-13-14-29-26(20)31/h11-12,16-17,20,23H,4-10,13-15H2,1-3H3,(H,29,31). The number of fused-ring (bicyclic) bond motifs is 1. The van der Waals surface area contributed by atoms with Crippen LogP contribution in [-0.4, -0.2) is 30.6 Å². The maximum absolute atomic E-state index is 12.7. The van der Waals surface area contributed by atoms with Gasteiger partial charge >= 0.3 is 5.97 Å². The summed E-state index contributed by atoms with van der Waals surface area (Å²) in [5, 5.41) is 4.87. The Bertz CT molecular complexity index is 1020. The van der Waals surface area contributed by atoms with Gasteiger partial charge in [-0.3, -0.25) is 9.59 Å². The average Bonchev–Trinajstić information content (AvgIpc) is 3.34. The van der Waals surface area contributed by atoms with Gasteiger partial charge in [0.2, 0.25) is 5.91 Å². The second-order valence-corrected chi connectivity index (χ2v) is 12.0. The maximum atomic E-state index is 12.7. The highest BCUT2D eigenvalue weighted by Gasteiger charge is 2.40. The van der Waals surface area contributed by atoms with Crippen molar-refractivity contribution < 1.29 is 19.1 Å². The molecule has 1 saturated heterocycles. The van der Waals surface area contributed by atoms with Gasteiger partial charge in [-0.1, -0.05) is 30.9 Å². The number of rotatable bonds is 8. The van der Waals surface area contributed by atoms with E-state index in [1.807, 2.05) is 39.0 Å². The number of halogens is 1. The highest BCUT2D eigenvalue weighted by molar-refractivity contribution is 7.20. The zero-order chi connectivity index (χ0) is 24.3. The Balaban J connectivity index is 1.48. The molecule has 4 rings (SSSR count). The van der Waals surface area contributed by atoms with Gasteiger partial charge in [0.1, 0.15) is 11.4 Å². The number of hydrogen-bond donors (Lipinski definition) is 1. The molecule has 2 unspecified atom stereocenters. The fraction of sp³-hybridized carbons (Fsp3) is 0.630. The lowest BCUT2D eigenvalue weighted by atomic mass is 9.72. The third-order valence-electron chi connectivity index (χ3n) is 6.83. The third kappa shape index (κ3) is 6.06. The predicted octanol–water partition coefficient (Wildman–Crippen LogP) is 6.86. The van der Waals surface area contributed by atoms with Crippen LogP contribution in [0, 0.1) is 11.8 Å². The second kappa shape index (κ2) is 10.9. The molecule has 186 valence electrons. The van der Waals surface area contributed by atoms with Gasteiger partial charge in [0.15, 0.2) is 0 Å². The van der Waals surface area contributed by atoms with Crippen LogP contribution < -0.4 is 10.1 Å². The predicted molar refractivity (Wildman–Crippen MR) is 138 cm³/mol. The van der Waals surface area contributed by atoms with Crippen molar-refractivity contribution >= 4 is 44.9 Å². The Morgan fingerprint density at radius 1 is 1.21 bits per heavy atom. The molecule has 34 heavy (non-hydrogen) atoms. The fourth-order valence-electron chi connectivity index (χ4n) is 5.34. The molecule has 2 aromatic rings. The molecule has 5 nitrogen and oxygen atoms in total. The topological polar surface area (TPSA) is 64.6 Å². The molecule has 2 fully saturated rings. The zero-order valence-electron chi connectivity index (χ0n) is 20.5. The van der Waals surface area contributed by atoms with E-state index in [0.717, 1.165) is 38.7 Å². The lowest BCUT2D eigenvalue weighted by Gasteiger charge is -2.33. The fourth-order valence-corrected chi connectivity index (χ4v) is 7.19. The van der Waals surface area contributed by atoms with Crippen molar-refractivity contribution in [2.24, 2.45) is 11.8 Å². The molecule has 0 radical (unpaired) electrons. The van der Waals surface area contributed by atoms with Crippen molar-refractivity contribution in [1.29, 1.82) is 0 Å². The van der Waals surface area contributed by atoms with Crippen LogP contribution in [0.3, 0.4) is 0 Å². The number of hydrogen-bond acceptors (Lipinski definition) is 5. The summed E-state index contributed by atoms with van der Waals surface area (Å²) < 4.78 is 12.4. The molecule has 2 atom stereocenters. The summed E-state index contributed by atoms with van der Waals surface area (Å²) in [5.41, 5.74) is -0.465. The maximum Gasteiger partial charge on any atom is 0.306 e. The van der Waals surface area contributed by atoms with E-state index in [1.165, 1.54) is 32.1 Å². The molecular formula is C27H36ClNO4S. The molecule has 2 heterocycles. The summed E-state index contributed by atoms with van der Waals surface area (Å²) >= 11 is 8.66. The molecule has 1 aromatic heterocycles. The molecule has 1 aromatic carbocycles. The van der Waals surface area contributed by atoms with E-state index in [0.29, 0.717) is 25.4 Å². The first kappa shape index (κ1) is 25.3. The van der Waals surface area contributed by atoms with Gasteiger partial charge in [0, 0.05) is 39.8 Å². The lowest BCUT2D eigenvalue weighted by Crippen LogP contribution is -2.29. The summed E-state index contributed by atoms with van der Waals surface area (Å²) in [5.74, 6) is 1.46. The Hall–Kier alpha value is -1.79. The number of thiophene rings is 1. The van der Waals surface area contributed by atoms with E-state index in [-0.39, 0.29) is 23.7 Å².